The highest BCUT2D eigenvalue weighted by atomic mass is 16.2. The first-order valence-electron chi connectivity index (χ1n) is 11.5. The van der Waals surface area contributed by atoms with Crippen molar-refractivity contribution in [2.24, 2.45) is 0 Å². The van der Waals surface area contributed by atoms with E-state index in [0.717, 1.165) is 72.1 Å². The molecular formula is C27H26N6O. The Morgan fingerprint density at radius 2 is 1.82 bits per heavy atom. The molecule has 1 aliphatic heterocycles. The van der Waals surface area contributed by atoms with Gasteiger partial charge in [-0.1, -0.05) is 24.3 Å². The zero-order valence-corrected chi connectivity index (χ0v) is 19.2. The lowest BCUT2D eigenvalue weighted by atomic mass is 10.0. The van der Waals surface area contributed by atoms with Gasteiger partial charge in [-0.05, 0) is 48.0 Å². The van der Waals surface area contributed by atoms with E-state index in [-0.39, 0.29) is 5.91 Å². The van der Waals surface area contributed by atoms with E-state index in [0.29, 0.717) is 5.69 Å². The fraction of sp³-hybridized carbons (Fsp3) is 0.259. The number of aromatic nitrogens is 2. The number of amides is 1. The molecule has 0 unspecified atom stereocenters. The second kappa shape index (κ2) is 9.46. The van der Waals surface area contributed by atoms with Crippen LogP contribution in [-0.2, 0) is 6.42 Å². The summed E-state index contributed by atoms with van der Waals surface area (Å²) in [6.45, 7) is 11.4. The van der Waals surface area contributed by atoms with Gasteiger partial charge in [0.1, 0.15) is 0 Å². The van der Waals surface area contributed by atoms with Crippen LogP contribution >= 0.6 is 0 Å². The van der Waals surface area contributed by atoms with Crippen LogP contribution in [0.25, 0.3) is 26.5 Å². The molecule has 3 heterocycles. The fourth-order valence-corrected chi connectivity index (χ4v) is 4.35. The largest absolute Gasteiger partial charge is 0.383 e. The molecule has 170 valence electrons. The maximum absolute atomic E-state index is 12.9. The van der Waals surface area contributed by atoms with Crippen molar-refractivity contribution in [1.29, 1.82) is 0 Å². The quantitative estimate of drug-likeness (QED) is 0.457. The SMILES string of the molecule is [C-]#[N+]c1cnc2cncc(NCCc3ccc4cc(C(=O)N5CCN(C)CC5)ccc4c3)c2c1. The number of benzene rings is 2. The molecule has 0 aliphatic carbocycles. The molecule has 2 aromatic heterocycles. The van der Waals surface area contributed by atoms with Gasteiger partial charge < -0.3 is 15.1 Å². The molecule has 2 aromatic carbocycles. The number of hydrogen-bond donors (Lipinski definition) is 1. The number of piperazine rings is 1. The topological polar surface area (TPSA) is 65.7 Å². The second-order valence-electron chi connectivity index (χ2n) is 8.73. The number of likely N-dealkylation sites (N-methyl/N-ethyl adjacent to an activating group) is 1. The predicted molar refractivity (Wildman–Crippen MR) is 135 cm³/mol. The lowest BCUT2D eigenvalue weighted by Gasteiger charge is -2.32. The predicted octanol–water partition coefficient (Wildman–Crippen LogP) is 4.38. The van der Waals surface area contributed by atoms with Crippen molar-refractivity contribution in [3.63, 3.8) is 0 Å². The Labute approximate surface area is 198 Å². The highest BCUT2D eigenvalue weighted by Gasteiger charge is 2.20. The van der Waals surface area contributed by atoms with Crippen LogP contribution in [-0.4, -0.2) is 65.4 Å². The summed E-state index contributed by atoms with van der Waals surface area (Å²) in [5, 5.41) is 6.55. The number of pyridine rings is 2. The molecule has 34 heavy (non-hydrogen) atoms. The summed E-state index contributed by atoms with van der Waals surface area (Å²) in [5.41, 5.74) is 4.13. The van der Waals surface area contributed by atoms with Crippen LogP contribution in [0.3, 0.4) is 0 Å². The minimum atomic E-state index is 0.114. The summed E-state index contributed by atoms with van der Waals surface area (Å²) in [7, 11) is 2.09. The third-order valence-corrected chi connectivity index (χ3v) is 6.40. The number of hydrogen-bond acceptors (Lipinski definition) is 5. The number of nitrogens with zero attached hydrogens (tertiary/aromatic N) is 5. The first-order chi connectivity index (χ1) is 16.6. The van der Waals surface area contributed by atoms with Crippen LogP contribution < -0.4 is 5.32 Å². The molecule has 4 aromatic rings. The van der Waals surface area contributed by atoms with Crippen molar-refractivity contribution >= 4 is 39.0 Å². The van der Waals surface area contributed by atoms with E-state index in [1.54, 1.807) is 18.6 Å². The van der Waals surface area contributed by atoms with Crippen molar-refractivity contribution < 1.29 is 4.79 Å². The Morgan fingerprint density at radius 1 is 1.03 bits per heavy atom. The van der Waals surface area contributed by atoms with Crippen molar-refractivity contribution in [2.45, 2.75) is 6.42 Å². The molecule has 5 rings (SSSR count). The average Bonchev–Trinajstić information content (AvgIpc) is 2.88. The normalized spacial score (nSPS) is 14.3. The van der Waals surface area contributed by atoms with Crippen molar-refractivity contribution in [3.8, 4) is 0 Å². The highest BCUT2D eigenvalue weighted by molar-refractivity contribution is 5.98. The molecule has 0 radical (unpaired) electrons. The minimum absolute atomic E-state index is 0.114. The Kier molecular flexibility index (Phi) is 6.07. The summed E-state index contributed by atoms with van der Waals surface area (Å²) < 4.78 is 0. The maximum Gasteiger partial charge on any atom is 0.253 e. The minimum Gasteiger partial charge on any atom is -0.383 e. The van der Waals surface area contributed by atoms with Gasteiger partial charge in [0.2, 0.25) is 5.69 Å². The van der Waals surface area contributed by atoms with E-state index >= 15 is 0 Å². The summed E-state index contributed by atoms with van der Waals surface area (Å²) in [6.07, 6.45) is 5.89. The zero-order valence-electron chi connectivity index (χ0n) is 19.2. The Morgan fingerprint density at radius 3 is 2.65 bits per heavy atom. The van der Waals surface area contributed by atoms with Crippen molar-refractivity contribution in [1.82, 2.24) is 19.8 Å². The van der Waals surface area contributed by atoms with E-state index in [1.165, 1.54) is 5.56 Å². The molecule has 1 aliphatic rings. The zero-order chi connectivity index (χ0) is 23.5. The van der Waals surface area contributed by atoms with Gasteiger partial charge in [0.15, 0.2) is 0 Å². The molecule has 0 saturated carbocycles. The number of fused-ring (bicyclic) bond motifs is 2. The van der Waals surface area contributed by atoms with E-state index in [9.17, 15) is 4.79 Å². The second-order valence-corrected chi connectivity index (χ2v) is 8.73. The number of nitrogens with one attached hydrogen (secondary N) is 1. The van der Waals surface area contributed by atoms with E-state index in [4.69, 9.17) is 6.57 Å². The van der Waals surface area contributed by atoms with Gasteiger partial charge in [0, 0.05) is 49.9 Å². The van der Waals surface area contributed by atoms with Crippen LogP contribution in [0.5, 0.6) is 0 Å². The summed E-state index contributed by atoms with van der Waals surface area (Å²) in [5.74, 6) is 0.114. The molecule has 1 saturated heterocycles. The van der Waals surface area contributed by atoms with Crippen molar-refractivity contribution in [3.05, 3.63) is 83.6 Å². The molecule has 7 heteroatoms. The maximum atomic E-state index is 12.9. The van der Waals surface area contributed by atoms with Crippen molar-refractivity contribution in [2.75, 3.05) is 45.1 Å². The molecule has 7 nitrogen and oxygen atoms in total. The fourth-order valence-electron chi connectivity index (χ4n) is 4.35. The highest BCUT2D eigenvalue weighted by Crippen LogP contribution is 2.25. The summed E-state index contributed by atoms with van der Waals surface area (Å²) >= 11 is 0. The first kappa shape index (κ1) is 21.8. The van der Waals surface area contributed by atoms with Crippen LogP contribution in [0.1, 0.15) is 15.9 Å². The summed E-state index contributed by atoms with van der Waals surface area (Å²) in [4.78, 5) is 29.2. The summed E-state index contributed by atoms with van der Waals surface area (Å²) in [6, 6.07) is 14.2. The van der Waals surface area contributed by atoms with E-state index < -0.39 is 0 Å². The van der Waals surface area contributed by atoms with Crippen LogP contribution in [0.4, 0.5) is 11.4 Å². The van der Waals surface area contributed by atoms with Gasteiger partial charge in [-0.25, -0.2) is 4.85 Å². The molecule has 0 atom stereocenters. The molecule has 1 N–H and O–H groups in total. The standard InChI is InChI=1S/C27H26N6O/c1-28-23-15-24-25(17-29-18-26(24)31-16-23)30-8-7-19-3-4-21-14-22(6-5-20(21)13-19)27(34)33-11-9-32(2)10-12-33/h3-6,13-18,30H,7-12H2,2H3. The van der Waals surface area contributed by atoms with Gasteiger partial charge >= 0.3 is 0 Å². The third-order valence-electron chi connectivity index (χ3n) is 6.40. The molecule has 0 bridgehead atoms. The Balaban J connectivity index is 1.26. The van der Waals surface area contributed by atoms with Crippen LogP contribution in [0, 0.1) is 6.57 Å². The van der Waals surface area contributed by atoms with Crippen LogP contribution in [0.2, 0.25) is 0 Å². The number of rotatable bonds is 5. The van der Waals surface area contributed by atoms with Gasteiger partial charge in [-0.2, -0.15) is 0 Å². The van der Waals surface area contributed by atoms with Gasteiger partial charge in [-0.15, -0.1) is 0 Å². The number of carbonyl (C=O) groups excluding carboxylic acids is 1. The van der Waals surface area contributed by atoms with E-state index in [2.05, 4.69) is 50.3 Å². The number of carbonyl (C=O) groups is 1. The molecule has 1 amide bonds. The molecule has 0 spiro atoms. The lowest BCUT2D eigenvalue weighted by Crippen LogP contribution is -2.47. The average molecular weight is 451 g/mol. The smallest absolute Gasteiger partial charge is 0.253 e. The van der Waals surface area contributed by atoms with Crippen LogP contribution in [0.15, 0.2) is 61.1 Å². The number of anilines is 1. The lowest BCUT2D eigenvalue weighted by molar-refractivity contribution is 0.0664. The van der Waals surface area contributed by atoms with E-state index in [1.807, 2.05) is 29.2 Å². The Bertz CT molecular complexity index is 1400. The van der Waals surface area contributed by atoms with Gasteiger partial charge in [0.05, 0.1) is 30.2 Å². The monoisotopic (exact) mass is 450 g/mol. The van der Waals surface area contributed by atoms with Gasteiger partial charge in [-0.3, -0.25) is 14.8 Å². The Hall–Kier alpha value is -4.02. The first-order valence-corrected chi connectivity index (χ1v) is 11.5. The molecule has 1 fully saturated rings. The third kappa shape index (κ3) is 4.54. The van der Waals surface area contributed by atoms with Gasteiger partial charge in [0.25, 0.3) is 5.91 Å². The molecular weight excluding hydrogens is 424 g/mol.